The third-order valence-corrected chi connectivity index (χ3v) is 4.67. The molecule has 4 nitrogen and oxygen atoms in total. The van der Waals surface area contributed by atoms with Crippen molar-refractivity contribution in [2.75, 3.05) is 19.6 Å². The number of nitrogens with one attached hydrogen (secondary N) is 1. The van der Waals surface area contributed by atoms with Crippen molar-refractivity contribution < 1.29 is 4.79 Å². The van der Waals surface area contributed by atoms with E-state index in [1.807, 2.05) is 48.5 Å². The highest BCUT2D eigenvalue weighted by atomic mass is 16.1. The zero-order valence-electron chi connectivity index (χ0n) is 15.5. The number of aromatic nitrogens is 1. The molecule has 2 atom stereocenters. The van der Waals surface area contributed by atoms with E-state index in [4.69, 9.17) is 0 Å². The van der Waals surface area contributed by atoms with Gasteiger partial charge in [0.05, 0.1) is 5.92 Å². The van der Waals surface area contributed by atoms with E-state index in [2.05, 4.69) is 36.0 Å². The third kappa shape index (κ3) is 5.68. The van der Waals surface area contributed by atoms with Crippen LogP contribution in [0.1, 0.15) is 37.9 Å². The van der Waals surface area contributed by atoms with Crippen molar-refractivity contribution in [1.29, 1.82) is 0 Å². The molecule has 0 spiro atoms. The van der Waals surface area contributed by atoms with Gasteiger partial charge < -0.3 is 5.32 Å². The van der Waals surface area contributed by atoms with Crippen LogP contribution in [0.25, 0.3) is 0 Å². The number of likely N-dealkylation sites (N-methyl/N-ethyl adjacent to an activating group) is 1. The Bertz CT molecular complexity index is 626. The molecule has 0 aliphatic carbocycles. The van der Waals surface area contributed by atoms with Crippen LogP contribution in [-0.4, -0.2) is 41.5 Å². The Morgan fingerprint density at radius 2 is 1.76 bits per heavy atom. The van der Waals surface area contributed by atoms with Gasteiger partial charge in [-0.25, -0.2) is 0 Å². The minimum absolute atomic E-state index is 0.0656. The molecule has 1 heterocycles. The molecule has 1 amide bonds. The maximum absolute atomic E-state index is 12.9. The summed E-state index contributed by atoms with van der Waals surface area (Å²) in [5.74, 6) is -0.157. The fourth-order valence-corrected chi connectivity index (χ4v) is 3.12. The topological polar surface area (TPSA) is 45.2 Å². The molecule has 1 aromatic heterocycles. The first-order valence-electron chi connectivity index (χ1n) is 9.12. The van der Waals surface area contributed by atoms with Crippen LogP contribution in [0.3, 0.4) is 0 Å². The number of rotatable bonds is 9. The molecule has 2 aromatic rings. The molecule has 2 unspecified atom stereocenters. The zero-order valence-corrected chi connectivity index (χ0v) is 15.5. The molecular formula is C21H29N3O. The van der Waals surface area contributed by atoms with Crippen molar-refractivity contribution in [2.24, 2.45) is 0 Å². The van der Waals surface area contributed by atoms with Crippen LogP contribution in [0.15, 0.2) is 54.7 Å². The Morgan fingerprint density at radius 1 is 1.08 bits per heavy atom. The molecule has 4 heteroatoms. The normalized spacial score (nSPS) is 13.4. The Balaban J connectivity index is 2.08. The van der Waals surface area contributed by atoms with Crippen LogP contribution in [-0.2, 0) is 11.2 Å². The molecule has 0 saturated carbocycles. The van der Waals surface area contributed by atoms with Crippen LogP contribution >= 0.6 is 0 Å². The zero-order chi connectivity index (χ0) is 18.1. The SMILES string of the molecule is CCN(CC)C(C)CNC(=O)C(Cc1ccccn1)c1ccccc1. The standard InChI is InChI=1S/C21H29N3O/c1-4-24(5-2)17(3)16-23-21(25)20(18-11-7-6-8-12-18)15-19-13-9-10-14-22-19/h6-14,17,20H,4-5,15-16H2,1-3H3,(H,23,25). The van der Waals surface area contributed by atoms with Gasteiger partial charge in [-0.2, -0.15) is 0 Å². The van der Waals surface area contributed by atoms with Crippen LogP contribution in [0.5, 0.6) is 0 Å². The minimum Gasteiger partial charge on any atom is -0.354 e. The first-order valence-corrected chi connectivity index (χ1v) is 9.12. The summed E-state index contributed by atoms with van der Waals surface area (Å²) in [6.45, 7) is 9.09. The van der Waals surface area contributed by atoms with E-state index in [1.165, 1.54) is 0 Å². The van der Waals surface area contributed by atoms with E-state index in [-0.39, 0.29) is 11.8 Å². The summed E-state index contributed by atoms with van der Waals surface area (Å²) < 4.78 is 0. The number of carbonyl (C=O) groups is 1. The summed E-state index contributed by atoms with van der Waals surface area (Å²) in [6, 6.07) is 16.1. The summed E-state index contributed by atoms with van der Waals surface area (Å²) in [5, 5.41) is 3.14. The Morgan fingerprint density at radius 3 is 2.36 bits per heavy atom. The summed E-state index contributed by atoms with van der Waals surface area (Å²) >= 11 is 0. The average molecular weight is 339 g/mol. The van der Waals surface area contributed by atoms with Crippen molar-refractivity contribution in [3.63, 3.8) is 0 Å². The van der Waals surface area contributed by atoms with Gasteiger partial charge in [0.2, 0.25) is 5.91 Å². The number of nitrogens with zero attached hydrogens (tertiary/aromatic N) is 2. The highest BCUT2D eigenvalue weighted by Gasteiger charge is 2.22. The molecule has 25 heavy (non-hydrogen) atoms. The van der Waals surface area contributed by atoms with Crippen LogP contribution in [0.2, 0.25) is 0 Å². The van der Waals surface area contributed by atoms with Gasteiger partial charge >= 0.3 is 0 Å². The predicted octanol–water partition coefficient (Wildman–Crippen LogP) is 3.25. The highest BCUT2D eigenvalue weighted by molar-refractivity contribution is 5.84. The van der Waals surface area contributed by atoms with Crippen molar-refractivity contribution in [1.82, 2.24) is 15.2 Å². The molecule has 0 aliphatic rings. The van der Waals surface area contributed by atoms with E-state index < -0.39 is 0 Å². The van der Waals surface area contributed by atoms with Crippen molar-refractivity contribution in [2.45, 2.75) is 39.2 Å². The molecule has 134 valence electrons. The van der Waals surface area contributed by atoms with E-state index in [1.54, 1.807) is 6.20 Å². The van der Waals surface area contributed by atoms with Crippen molar-refractivity contribution in [3.05, 3.63) is 66.0 Å². The van der Waals surface area contributed by atoms with Crippen molar-refractivity contribution >= 4 is 5.91 Å². The Labute approximate surface area is 151 Å². The fraction of sp³-hybridized carbons (Fsp3) is 0.429. The molecule has 0 radical (unpaired) electrons. The monoisotopic (exact) mass is 339 g/mol. The first kappa shape index (κ1) is 19.1. The maximum atomic E-state index is 12.9. The quantitative estimate of drug-likeness (QED) is 0.763. The van der Waals surface area contributed by atoms with E-state index >= 15 is 0 Å². The van der Waals surface area contributed by atoms with Gasteiger partial charge in [-0.1, -0.05) is 50.2 Å². The molecule has 0 bridgehead atoms. The number of benzene rings is 1. The minimum atomic E-state index is -0.222. The molecular weight excluding hydrogens is 310 g/mol. The van der Waals surface area contributed by atoms with Gasteiger partial charge in [0.1, 0.15) is 0 Å². The summed E-state index contributed by atoms with van der Waals surface area (Å²) in [7, 11) is 0. The fourth-order valence-electron chi connectivity index (χ4n) is 3.12. The summed E-state index contributed by atoms with van der Waals surface area (Å²) in [5.41, 5.74) is 1.96. The van der Waals surface area contributed by atoms with E-state index in [0.29, 0.717) is 19.0 Å². The Hall–Kier alpha value is -2.20. The lowest BCUT2D eigenvalue weighted by Crippen LogP contribution is -2.43. The van der Waals surface area contributed by atoms with E-state index in [0.717, 1.165) is 24.3 Å². The van der Waals surface area contributed by atoms with Crippen LogP contribution in [0.4, 0.5) is 0 Å². The number of hydrogen-bond donors (Lipinski definition) is 1. The van der Waals surface area contributed by atoms with Crippen LogP contribution < -0.4 is 5.32 Å². The molecule has 1 N–H and O–H groups in total. The number of amides is 1. The number of hydrogen-bond acceptors (Lipinski definition) is 3. The first-order chi connectivity index (χ1) is 12.2. The lowest BCUT2D eigenvalue weighted by molar-refractivity contribution is -0.122. The smallest absolute Gasteiger partial charge is 0.227 e. The number of carbonyl (C=O) groups excluding carboxylic acids is 1. The van der Waals surface area contributed by atoms with Gasteiger partial charge in [-0.3, -0.25) is 14.7 Å². The average Bonchev–Trinajstić information content (AvgIpc) is 2.66. The van der Waals surface area contributed by atoms with Gasteiger partial charge in [0, 0.05) is 30.9 Å². The van der Waals surface area contributed by atoms with Gasteiger partial charge in [-0.15, -0.1) is 0 Å². The Kier molecular flexibility index (Phi) is 7.61. The third-order valence-electron chi connectivity index (χ3n) is 4.67. The van der Waals surface area contributed by atoms with Crippen molar-refractivity contribution in [3.8, 4) is 0 Å². The second-order valence-electron chi connectivity index (χ2n) is 6.30. The predicted molar refractivity (Wildman–Crippen MR) is 103 cm³/mol. The molecule has 0 saturated heterocycles. The highest BCUT2D eigenvalue weighted by Crippen LogP contribution is 2.20. The molecule has 0 aliphatic heterocycles. The van der Waals surface area contributed by atoms with E-state index in [9.17, 15) is 4.79 Å². The van der Waals surface area contributed by atoms with Gasteiger partial charge in [0.25, 0.3) is 0 Å². The molecule has 0 fully saturated rings. The largest absolute Gasteiger partial charge is 0.354 e. The summed E-state index contributed by atoms with van der Waals surface area (Å²) in [6.07, 6.45) is 2.38. The lowest BCUT2D eigenvalue weighted by atomic mass is 9.93. The van der Waals surface area contributed by atoms with Gasteiger partial charge in [-0.05, 0) is 37.7 Å². The molecule has 1 aromatic carbocycles. The molecule has 2 rings (SSSR count). The van der Waals surface area contributed by atoms with Gasteiger partial charge in [0.15, 0.2) is 0 Å². The second kappa shape index (κ2) is 9.94. The lowest BCUT2D eigenvalue weighted by Gasteiger charge is -2.27. The van der Waals surface area contributed by atoms with Crippen LogP contribution in [0, 0.1) is 0 Å². The second-order valence-corrected chi connectivity index (χ2v) is 6.30. The maximum Gasteiger partial charge on any atom is 0.227 e. The number of pyridine rings is 1. The summed E-state index contributed by atoms with van der Waals surface area (Å²) in [4.78, 5) is 19.6.